The van der Waals surface area contributed by atoms with E-state index in [-0.39, 0.29) is 12.5 Å². The fourth-order valence-corrected chi connectivity index (χ4v) is 1.99. The molecule has 0 saturated heterocycles. The van der Waals surface area contributed by atoms with E-state index in [0.717, 1.165) is 5.56 Å². The minimum absolute atomic E-state index is 0.0701. The Kier molecular flexibility index (Phi) is 5.38. The van der Waals surface area contributed by atoms with Gasteiger partial charge in [0.05, 0.1) is 0 Å². The molecule has 0 fully saturated rings. The van der Waals surface area contributed by atoms with Crippen LogP contribution in [0.15, 0.2) is 48.5 Å². The molecule has 0 spiro atoms. The van der Waals surface area contributed by atoms with Crippen LogP contribution in [0, 0.1) is 0 Å². The van der Waals surface area contributed by atoms with Crippen LogP contribution in [0.5, 0.6) is 0 Å². The highest BCUT2D eigenvalue weighted by Crippen LogP contribution is 2.16. The van der Waals surface area contributed by atoms with E-state index in [1.165, 1.54) is 0 Å². The molecule has 0 radical (unpaired) electrons. The van der Waals surface area contributed by atoms with Crippen molar-refractivity contribution >= 4 is 29.3 Å². The third kappa shape index (κ3) is 4.23. The molecule has 2 amide bonds. The largest absolute Gasteiger partial charge is 0.444 e. The van der Waals surface area contributed by atoms with Crippen LogP contribution in [0.25, 0.3) is 0 Å². The number of hydrogen-bond donors (Lipinski definition) is 2. The molecule has 2 aromatic carbocycles. The number of rotatable bonds is 4. The summed E-state index contributed by atoms with van der Waals surface area (Å²) < 4.78 is 5.10. The topological polar surface area (TPSA) is 67.4 Å². The van der Waals surface area contributed by atoms with Gasteiger partial charge in [0.2, 0.25) is 0 Å². The monoisotopic (exact) mass is 318 g/mol. The number of benzene rings is 2. The fraction of sp³-hybridized carbons (Fsp3) is 0.125. The summed E-state index contributed by atoms with van der Waals surface area (Å²) in [6.45, 7) is 0.0701. The van der Waals surface area contributed by atoms with E-state index in [4.69, 9.17) is 16.3 Å². The molecule has 114 valence electrons. The van der Waals surface area contributed by atoms with Gasteiger partial charge in [-0.15, -0.1) is 0 Å². The maximum atomic E-state index is 11.8. The zero-order chi connectivity index (χ0) is 15.9. The van der Waals surface area contributed by atoms with Crippen molar-refractivity contribution in [2.75, 3.05) is 12.4 Å². The molecule has 0 aliphatic rings. The molecule has 0 unspecified atom stereocenters. The minimum Gasteiger partial charge on any atom is -0.444 e. The summed E-state index contributed by atoms with van der Waals surface area (Å²) in [5.74, 6) is -0.229. The van der Waals surface area contributed by atoms with Crippen molar-refractivity contribution in [2.24, 2.45) is 0 Å². The smallest absolute Gasteiger partial charge is 0.411 e. The number of hydrogen-bond acceptors (Lipinski definition) is 3. The molecule has 0 saturated carbocycles. The summed E-state index contributed by atoms with van der Waals surface area (Å²) in [4.78, 5) is 23.3. The van der Waals surface area contributed by atoms with E-state index >= 15 is 0 Å². The molecular weight excluding hydrogens is 304 g/mol. The van der Waals surface area contributed by atoms with Crippen molar-refractivity contribution < 1.29 is 14.3 Å². The lowest BCUT2D eigenvalue weighted by Gasteiger charge is -2.09. The van der Waals surface area contributed by atoms with Crippen molar-refractivity contribution in [3.63, 3.8) is 0 Å². The molecule has 2 N–H and O–H groups in total. The van der Waals surface area contributed by atoms with Gasteiger partial charge in [0.25, 0.3) is 5.91 Å². The summed E-state index contributed by atoms with van der Waals surface area (Å²) in [5, 5.41) is 5.62. The van der Waals surface area contributed by atoms with Gasteiger partial charge in [0, 0.05) is 28.9 Å². The molecule has 0 aliphatic carbocycles. The van der Waals surface area contributed by atoms with Gasteiger partial charge in [-0.25, -0.2) is 4.79 Å². The minimum atomic E-state index is -0.617. The van der Waals surface area contributed by atoms with Crippen LogP contribution >= 0.6 is 11.6 Å². The highest BCUT2D eigenvalue weighted by Gasteiger charge is 2.08. The van der Waals surface area contributed by atoms with Gasteiger partial charge in [-0.3, -0.25) is 10.1 Å². The first kappa shape index (κ1) is 15.9. The maximum absolute atomic E-state index is 11.8. The molecule has 6 heteroatoms. The van der Waals surface area contributed by atoms with Crippen molar-refractivity contribution in [3.05, 3.63) is 64.7 Å². The zero-order valence-electron chi connectivity index (χ0n) is 11.9. The lowest BCUT2D eigenvalue weighted by atomic mass is 10.2. The predicted molar refractivity (Wildman–Crippen MR) is 85.1 cm³/mol. The summed E-state index contributed by atoms with van der Waals surface area (Å²) in [7, 11) is 1.54. The first-order chi connectivity index (χ1) is 10.6. The van der Waals surface area contributed by atoms with E-state index in [2.05, 4.69) is 10.6 Å². The average molecular weight is 319 g/mol. The van der Waals surface area contributed by atoms with E-state index < -0.39 is 6.09 Å². The lowest BCUT2D eigenvalue weighted by molar-refractivity contribution is 0.0963. The third-order valence-electron chi connectivity index (χ3n) is 2.91. The number of carbonyl (C=O) groups excluding carboxylic acids is 2. The Morgan fingerprint density at radius 3 is 2.64 bits per heavy atom. The third-order valence-corrected chi connectivity index (χ3v) is 3.28. The van der Waals surface area contributed by atoms with Gasteiger partial charge in [0.1, 0.15) is 6.61 Å². The fourth-order valence-electron chi connectivity index (χ4n) is 1.80. The van der Waals surface area contributed by atoms with Crippen LogP contribution in [-0.2, 0) is 11.3 Å². The van der Waals surface area contributed by atoms with E-state index in [1.54, 1.807) is 49.5 Å². The van der Waals surface area contributed by atoms with Crippen LogP contribution in [0.2, 0.25) is 5.02 Å². The number of halogens is 1. The molecule has 2 rings (SSSR count). The second-order valence-electron chi connectivity index (χ2n) is 4.45. The summed E-state index contributed by atoms with van der Waals surface area (Å²) >= 11 is 5.98. The number of amides is 2. The number of ether oxygens (including phenoxy) is 1. The standard InChI is InChI=1S/C16H15ClN2O3/c1-18-15(20)11-6-4-7-13(9-11)19-16(21)22-10-12-5-2-3-8-14(12)17/h2-9H,10H2,1H3,(H,18,20)(H,19,21). The van der Waals surface area contributed by atoms with E-state index in [1.807, 2.05) is 6.07 Å². The van der Waals surface area contributed by atoms with Crippen LogP contribution < -0.4 is 10.6 Å². The van der Waals surface area contributed by atoms with Gasteiger partial charge in [-0.2, -0.15) is 0 Å². The zero-order valence-corrected chi connectivity index (χ0v) is 12.7. The van der Waals surface area contributed by atoms with Crippen LogP contribution in [-0.4, -0.2) is 19.0 Å². The first-order valence-electron chi connectivity index (χ1n) is 6.59. The normalized spacial score (nSPS) is 9.91. The second kappa shape index (κ2) is 7.47. The summed E-state index contributed by atoms with van der Waals surface area (Å²) in [6.07, 6.45) is -0.617. The van der Waals surface area contributed by atoms with Crippen molar-refractivity contribution in [2.45, 2.75) is 6.61 Å². The highest BCUT2D eigenvalue weighted by atomic mass is 35.5. The van der Waals surface area contributed by atoms with Gasteiger partial charge in [-0.05, 0) is 24.3 Å². The molecule has 2 aromatic rings. The van der Waals surface area contributed by atoms with E-state index in [9.17, 15) is 9.59 Å². The number of nitrogens with one attached hydrogen (secondary N) is 2. The Bertz CT molecular complexity index is 689. The second-order valence-corrected chi connectivity index (χ2v) is 4.86. The van der Waals surface area contributed by atoms with Gasteiger partial charge in [0.15, 0.2) is 0 Å². The van der Waals surface area contributed by atoms with Crippen molar-refractivity contribution in [1.29, 1.82) is 0 Å². The Morgan fingerprint density at radius 1 is 1.14 bits per heavy atom. The van der Waals surface area contributed by atoms with Gasteiger partial charge in [-0.1, -0.05) is 35.9 Å². The number of carbonyl (C=O) groups is 2. The Labute approximate surface area is 133 Å². The van der Waals surface area contributed by atoms with Crippen LogP contribution in [0.1, 0.15) is 15.9 Å². The lowest BCUT2D eigenvalue weighted by Crippen LogP contribution is -2.18. The van der Waals surface area contributed by atoms with Gasteiger partial charge >= 0.3 is 6.09 Å². The SMILES string of the molecule is CNC(=O)c1cccc(NC(=O)OCc2ccccc2Cl)c1. The van der Waals surface area contributed by atoms with Gasteiger partial charge < -0.3 is 10.1 Å². The van der Waals surface area contributed by atoms with Crippen molar-refractivity contribution in [3.8, 4) is 0 Å². The molecular formula is C16H15ClN2O3. The molecule has 0 heterocycles. The Hall–Kier alpha value is -2.53. The van der Waals surface area contributed by atoms with Crippen LogP contribution in [0.3, 0.4) is 0 Å². The van der Waals surface area contributed by atoms with Crippen LogP contribution in [0.4, 0.5) is 10.5 Å². The Balaban J connectivity index is 1.95. The average Bonchev–Trinajstić information content (AvgIpc) is 2.53. The highest BCUT2D eigenvalue weighted by molar-refractivity contribution is 6.31. The quantitative estimate of drug-likeness (QED) is 0.907. The predicted octanol–water partition coefficient (Wildman–Crippen LogP) is 3.45. The summed E-state index contributed by atoms with van der Waals surface area (Å²) in [6, 6.07) is 13.7. The van der Waals surface area contributed by atoms with E-state index in [0.29, 0.717) is 16.3 Å². The molecule has 0 bridgehead atoms. The first-order valence-corrected chi connectivity index (χ1v) is 6.97. The molecule has 5 nitrogen and oxygen atoms in total. The molecule has 0 atom stereocenters. The number of anilines is 1. The van der Waals surface area contributed by atoms with Crippen molar-refractivity contribution in [1.82, 2.24) is 5.32 Å². The maximum Gasteiger partial charge on any atom is 0.411 e. The summed E-state index contributed by atoms with van der Waals surface area (Å²) in [5.41, 5.74) is 1.65. The molecule has 0 aliphatic heterocycles. The Morgan fingerprint density at radius 2 is 1.91 bits per heavy atom. The molecule has 22 heavy (non-hydrogen) atoms. The molecule has 0 aromatic heterocycles.